The summed E-state index contributed by atoms with van der Waals surface area (Å²) in [6.45, 7) is 0. The van der Waals surface area contributed by atoms with Crippen LogP contribution in [0.25, 0.3) is 11.3 Å². The number of aromatic carboxylic acids is 1. The summed E-state index contributed by atoms with van der Waals surface area (Å²) >= 11 is 3.32. The van der Waals surface area contributed by atoms with Crippen LogP contribution < -0.4 is 0 Å². The maximum absolute atomic E-state index is 10.5. The molecule has 0 fully saturated rings. The average molecular weight is 276 g/mol. The Morgan fingerprint density at radius 1 is 1.44 bits per heavy atom. The van der Waals surface area contributed by atoms with E-state index in [4.69, 9.17) is 9.52 Å². The third-order valence-electron chi connectivity index (χ3n) is 1.80. The first-order chi connectivity index (χ1) is 7.16. The molecule has 2 aromatic rings. The van der Waals surface area contributed by atoms with E-state index in [0.29, 0.717) is 5.76 Å². The van der Waals surface area contributed by atoms with Gasteiger partial charge in [-0.2, -0.15) is 0 Å². The molecular weight excluding hydrogens is 269 g/mol. The zero-order valence-electron chi connectivity index (χ0n) is 7.48. The molecule has 0 radical (unpaired) electrons. The number of oxazole rings is 1. The van der Waals surface area contributed by atoms with Gasteiger partial charge in [-0.15, -0.1) is 0 Å². The van der Waals surface area contributed by atoms with Crippen LogP contribution in [0.4, 0.5) is 0 Å². The second-order valence-corrected chi connectivity index (χ2v) is 3.76. The predicted molar refractivity (Wildman–Crippen MR) is 63.7 cm³/mol. The molecule has 0 unspecified atom stereocenters. The van der Waals surface area contributed by atoms with E-state index in [0.717, 1.165) is 10.0 Å². The Morgan fingerprint density at radius 3 is 2.75 bits per heavy atom. The van der Waals surface area contributed by atoms with Crippen LogP contribution in [0.2, 0.25) is 0 Å². The van der Waals surface area contributed by atoms with Gasteiger partial charge >= 0.3 is 30.7 Å². The number of carbonyl (C=O) groups is 1. The molecule has 1 aromatic heterocycles. The number of aromatic nitrogens is 1. The van der Waals surface area contributed by atoms with Crippen LogP contribution in [0.1, 0.15) is 10.7 Å². The standard InChI is InChI=1S/C10H6BrNO3.Li.H/c11-7-3-1-2-6(4-7)8-5-12-9(15-8)10(13)14;;/h1-5H,(H,13,14);;. The van der Waals surface area contributed by atoms with Crippen molar-refractivity contribution >= 4 is 40.8 Å². The molecule has 1 N–H and O–H groups in total. The van der Waals surface area contributed by atoms with Crippen molar-refractivity contribution in [2.45, 2.75) is 0 Å². The molecular formula is C10H7BrLiNO3. The van der Waals surface area contributed by atoms with Gasteiger partial charge in [-0.1, -0.05) is 28.1 Å². The molecule has 2 rings (SSSR count). The normalized spacial score (nSPS) is 9.56. The van der Waals surface area contributed by atoms with Crippen LogP contribution in [0.5, 0.6) is 0 Å². The van der Waals surface area contributed by atoms with Crippen molar-refractivity contribution < 1.29 is 14.3 Å². The molecule has 0 atom stereocenters. The van der Waals surface area contributed by atoms with E-state index >= 15 is 0 Å². The van der Waals surface area contributed by atoms with E-state index in [2.05, 4.69) is 20.9 Å². The van der Waals surface area contributed by atoms with E-state index < -0.39 is 5.97 Å². The average Bonchev–Trinajstić information content (AvgIpc) is 2.66. The van der Waals surface area contributed by atoms with E-state index in [1.165, 1.54) is 6.20 Å². The number of rotatable bonds is 2. The number of hydrogen-bond donors (Lipinski definition) is 1. The molecule has 6 heteroatoms. The van der Waals surface area contributed by atoms with Gasteiger partial charge in [0.2, 0.25) is 0 Å². The van der Waals surface area contributed by atoms with Gasteiger partial charge in [0.25, 0.3) is 0 Å². The summed E-state index contributed by atoms with van der Waals surface area (Å²) in [4.78, 5) is 14.2. The minimum absolute atomic E-state index is 0. The van der Waals surface area contributed by atoms with E-state index in [1.807, 2.05) is 24.3 Å². The second-order valence-electron chi connectivity index (χ2n) is 2.85. The zero-order chi connectivity index (χ0) is 10.8. The Morgan fingerprint density at radius 2 is 2.19 bits per heavy atom. The molecule has 0 saturated carbocycles. The molecule has 0 aliphatic carbocycles. The van der Waals surface area contributed by atoms with Gasteiger partial charge < -0.3 is 9.52 Å². The SMILES string of the molecule is O=C(O)c1ncc(-c2cccc(Br)c2)o1.[LiH]. The van der Waals surface area contributed by atoms with Crippen molar-refractivity contribution in [3.63, 3.8) is 0 Å². The molecule has 0 saturated heterocycles. The quantitative estimate of drug-likeness (QED) is 0.853. The predicted octanol–water partition coefficient (Wildman–Crippen LogP) is 2.15. The van der Waals surface area contributed by atoms with Crippen LogP contribution in [0, 0.1) is 0 Å². The van der Waals surface area contributed by atoms with E-state index in [-0.39, 0.29) is 24.8 Å². The Bertz CT molecular complexity index is 512. The summed E-state index contributed by atoms with van der Waals surface area (Å²) in [6, 6.07) is 7.35. The van der Waals surface area contributed by atoms with Gasteiger partial charge in [-0.05, 0) is 12.1 Å². The zero-order valence-corrected chi connectivity index (χ0v) is 9.06. The summed E-state index contributed by atoms with van der Waals surface area (Å²) in [7, 11) is 0. The van der Waals surface area contributed by atoms with Crippen LogP contribution in [0.15, 0.2) is 39.4 Å². The molecule has 78 valence electrons. The van der Waals surface area contributed by atoms with Gasteiger partial charge in [0.1, 0.15) is 0 Å². The summed E-state index contributed by atoms with van der Waals surface area (Å²) < 4.78 is 5.95. The van der Waals surface area contributed by atoms with Crippen LogP contribution in [-0.2, 0) is 0 Å². The minimum atomic E-state index is -1.17. The number of halogens is 1. The Balaban J connectivity index is 0.00000128. The first-order valence-electron chi connectivity index (χ1n) is 4.12. The first kappa shape index (κ1) is 13.0. The van der Waals surface area contributed by atoms with Crippen molar-refractivity contribution in [3.8, 4) is 11.3 Å². The van der Waals surface area contributed by atoms with Gasteiger partial charge in [-0.3, -0.25) is 0 Å². The summed E-state index contributed by atoms with van der Waals surface area (Å²) in [5.41, 5.74) is 0.782. The molecule has 1 heterocycles. The third-order valence-corrected chi connectivity index (χ3v) is 2.29. The van der Waals surface area contributed by atoms with Crippen molar-refractivity contribution in [2.75, 3.05) is 0 Å². The van der Waals surface area contributed by atoms with Crippen molar-refractivity contribution in [1.29, 1.82) is 0 Å². The topological polar surface area (TPSA) is 63.3 Å². The number of hydrogen-bond acceptors (Lipinski definition) is 3. The monoisotopic (exact) mass is 275 g/mol. The second kappa shape index (κ2) is 5.35. The molecule has 0 amide bonds. The molecule has 1 aromatic carbocycles. The molecule has 16 heavy (non-hydrogen) atoms. The third kappa shape index (κ3) is 2.76. The van der Waals surface area contributed by atoms with Crippen molar-refractivity contribution in [2.24, 2.45) is 0 Å². The summed E-state index contributed by atoms with van der Waals surface area (Å²) in [5.74, 6) is -1.03. The number of carboxylic acids is 1. The number of carboxylic acid groups (broad SMARTS) is 1. The number of nitrogens with zero attached hydrogens (tertiary/aromatic N) is 1. The van der Waals surface area contributed by atoms with Gasteiger partial charge in [0.05, 0.1) is 6.20 Å². The van der Waals surface area contributed by atoms with E-state index in [9.17, 15) is 4.79 Å². The van der Waals surface area contributed by atoms with Crippen molar-refractivity contribution in [3.05, 3.63) is 40.8 Å². The van der Waals surface area contributed by atoms with E-state index in [1.54, 1.807) is 0 Å². The summed E-state index contributed by atoms with van der Waals surface area (Å²) in [6.07, 6.45) is 1.39. The molecule has 0 spiro atoms. The van der Waals surface area contributed by atoms with Crippen LogP contribution >= 0.6 is 15.9 Å². The maximum atomic E-state index is 10.5. The number of benzene rings is 1. The van der Waals surface area contributed by atoms with Crippen LogP contribution in [0.3, 0.4) is 0 Å². The first-order valence-corrected chi connectivity index (χ1v) is 4.91. The fourth-order valence-electron chi connectivity index (χ4n) is 1.15. The van der Waals surface area contributed by atoms with Crippen LogP contribution in [-0.4, -0.2) is 34.9 Å². The molecule has 4 nitrogen and oxygen atoms in total. The Labute approximate surface area is 112 Å². The molecule has 0 aliphatic heterocycles. The molecule has 0 aliphatic rings. The fourth-order valence-corrected chi connectivity index (χ4v) is 1.55. The summed E-state index contributed by atoms with van der Waals surface area (Å²) in [5, 5.41) is 8.63. The van der Waals surface area contributed by atoms with Gasteiger partial charge in [0, 0.05) is 10.0 Å². The molecule has 0 bridgehead atoms. The Hall–Kier alpha value is -1.02. The van der Waals surface area contributed by atoms with Gasteiger partial charge in [0.15, 0.2) is 5.76 Å². The fraction of sp³-hybridized carbons (Fsp3) is 0. The Kier molecular flexibility index (Phi) is 4.36. The van der Waals surface area contributed by atoms with Gasteiger partial charge in [-0.25, -0.2) is 9.78 Å². The van der Waals surface area contributed by atoms with Crippen molar-refractivity contribution in [1.82, 2.24) is 4.98 Å².